The molecule has 0 aliphatic carbocycles. The molecule has 0 spiro atoms. The van der Waals surface area contributed by atoms with Gasteiger partial charge in [-0.15, -0.1) is 0 Å². The Kier molecular flexibility index (Phi) is 6.94. The van der Waals surface area contributed by atoms with Gasteiger partial charge in [0.25, 0.3) is 0 Å². The number of pyridine rings is 1. The molecular weight excluding hydrogens is 747 g/mol. The molecule has 0 N–H and O–H groups in total. The third-order valence-electron chi connectivity index (χ3n) is 12.3. The van der Waals surface area contributed by atoms with Gasteiger partial charge >= 0.3 is 0 Å². The van der Waals surface area contributed by atoms with Crippen LogP contribution in [0.2, 0.25) is 0 Å². The minimum absolute atomic E-state index is 0.0567. The molecule has 0 aliphatic rings. The van der Waals surface area contributed by atoms with Crippen LogP contribution in [-0.2, 0) is 12.4 Å². The Morgan fingerprint density at radius 2 is 1.15 bits per heavy atom. The highest BCUT2D eigenvalue weighted by molar-refractivity contribution is 6.22. The number of fused-ring (bicyclic) bond motifs is 11. The molecule has 6 nitrogen and oxygen atoms in total. The summed E-state index contributed by atoms with van der Waals surface area (Å²) < 4.78 is 40.2. The molecule has 5 aromatic heterocycles. The van der Waals surface area contributed by atoms with E-state index in [-0.39, 0.29) is 5.41 Å². The van der Waals surface area contributed by atoms with Gasteiger partial charge in [-0.25, -0.2) is 4.98 Å². The van der Waals surface area contributed by atoms with Gasteiger partial charge in [0.2, 0.25) is 6.33 Å². The molecule has 12 aromatic rings. The number of aryl methyl sites for hydroxylation is 1. The largest absolute Gasteiger partial charge is 0.457 e. The lowest BCUT2D eigenvalue weighted by Gasteiger charge is -2.20. The minimum Gasteiger partial charge on any atom is -0.457 e. The molecule has 0 aliphatic heterocycles. The fourth-order valence-electron chi connectivity index (χ4n) is 9.41. The van der Waals surface area contributed by atoms with Gasteiger partial charge in [0.15, 0.2) is 0 Å². The van der Waals surface area contributed by atoms with Crippen molar-refractivity contribution in [2.24, 2.45) is 6.98 Å². The van der Waals surface area contributed by atoms with E-state index in [4.69, 9.17) is 13.8 Å². The fourth-order valence-corrected chi connectivity index (χ4v) is 9.41. The first kappa shape index (κ1) is 32.2. The Bertz CT molecular complexity index is 3920. The summed E-state index contributed by atoms with van der Waals surface area (Å²) in [4.78, 5) is 4.91. The maximum Gasteiger partial charge on any atom is 0.244 e. The third kappa shape index (κ3) is 5.42. The van der Waals surface area contributed by atoms with Gasteiger partial charge in [0.1, 0.15) is 17.3 Å². The second-order valence-electron chi connectivity index (χ2n) is 16.9. The molecule has 6 heteroatoms. The molecule has 0 amide bonds. The van der Waals surface area contributed by atoms with Crippen molar-refractivity contribution in [3.8, 4) is 23.0 Å². The topological polar surface area (TPSA) is 40.3 Å². The summed E-state index contributed by atoms with van der Waals surface area (Å²) in [6, 6.07) is 56.4. The normalized spacial score (nSPS) is 13.2. The quantitative estimate of drug-likeness (QED) is 0.132. The van der Waals surface area contributed by atoms with Crippen LogP contribution < -0.4 is 9.30 Å². The summed E-state index contributed by atoms with van der Waals surface area (Å²) in [6.45, 7) is 4.20. The van der Waals surface area contributed by atoms with E-state index in [9.17, 15) is 0 Å². The smallest absolute Gasteiger partial charge is 0.244 e. The number of nitrogens with zero attached hydrogens (tertiary/aromatic N) is 5. The molecule has 0 radical (unpaired) electrons. The predicted octanol–water partition coefficient (Wildman–Crippen LogP) is 13.3. The number of imidazole rings is 1. The first-order valence-electron chi connectivity index (χ1n) is 22.1. The molecule has 0 saturated carbocycles. The number of aromatic nitrogens is 5. The van der Waals surface area contributed by atoms with Crippen LogP contribution in [0.4, 0.5) is 0 Å². The van der Waals surface area contributed by atoms with Crippen LogP contribution in [0.15, 0.2) is 176 Å². The summed E-state index contributed by atoms with van der Waals surface area (Å²) in [5.41, 5.74) is 7.19. The first-order valence-corrected chi connectivity index (χ1v) is 20.6. The molecule has 12 rings (SSSR count). The molecule has 61 heavy (non-hydrogen) atoms. The van der Waals surface area contributed by atoms with Crippen molar-refractivity contribution < 1.29 is 13.4 Å². The van der Waals surface area contributed by atoms with Gasteiger partial charge in [-0.3, -0.25) is 4.57 Å². The number of hydrogen-bond acceptors (Lipinski definition) is 2. The number of hydrogen-bond donors (Lipinski definition) is 0. The first-order chi connectivity index (χ1) is 31.0. The zero-order chi connectivity index (χ0) is 43.5. The zero-order valence-electron chi connectivity index (χ0n) is 36.9. The molecule has 0 bridgehead atoms. The van der Waals surface area contributed by atoms with Gasteiger partial charge in [0.05, 0.1) is 49.9 Å². The van der Waals surface area contributed by atoms with Crippen LogP contribution in [0.5, 0.6) is 11.5 Å². The lowest BCUT2D eigenvalue weighted by atomic mass is 9.88. The zero-order valence-corrected chi connectivity index (χ0v) is 33.9. The Hall–Kier alpha value is -7.70. The van der Waals surface area contributed by atoms with Crippen molar-refractivity contribution in [3.05, 3.63) is 188 Å². The predicted molar refractivity (Wildman–Crippen MR) is 250 cm³/mol. The molecule has 5 heterocycles. The van der Waals surface area contributed by atoms with Crippen LogP contribution in [0.25, 0.3) is 93.1 Å². The number of benzene rings is 7. The van der Waals surface area contributed by atoms with Gasteiger partial charge in [-0.2, -0.15) is 0 Å². The Balaban J connectivity index is 1.18. The molecule has 0 atom stereocenters. The second-order valence-corrected chi connectivity index (χ2v) is 16.9. The average molecular weight is 791 g/mol. The summed E-state index contributed by atoms with van der Waals surface area (Å²) in [5.74, 6) is 2.14. The van der Waals surface area contributed by atoms with Gasteiger partial charge in [-0.05, 0) is 81.1 Å². The molecule has 7 aromatic carbocycles. The highest BCUT2D eigenvalue weighted by Crippen LogP contribution is 2.42. The molecule has 0 fully saturated rings. The highest BCUT2D eigenvalue weighted by atomic mass is 16.5. The summed E-state index contributed by atoms with van der Waals surface area (Å²) in [7, 11) is 0. The van der Waals surface area contributed by atoms with E-state index in [2.05, 4.69) is 176 Å². The highest BCUT2D eigenvalue weighted by Gasteiger charge is 2.21. The van der Waals surface area contributed by atoms with Crippen LogP contribution in [0.3, 0.4) is 0 Å². The van der Waals surface area contributed by atoms with Crippen LogP contribution in [0.1, 0.15) is 30.4 Å². The lowest BCUT2D eigenvalue weighted by Crippen LogP contribution is -2.26. The summed E-state index contributed by atoms with van der Waals surface area (Å²) in [5, 5.41) is 9.53. The maximum atomic E-state index is 8.49. The van der Waals surface area contributed by atoms with Crippen molar-refractivity contribution >= 4 is 81.6 Å². The molecule has 0 unspecified atom stereocenters. The second kappa shape index (κ2) is 13.2. The average Bonchev–Trinajstić information content (AvgIpc) is 3.99. The van der Waals surface area contributed by atoms with Crippen LogP contribution in [0, 0.1) is 6.33 Å². The molecule has 292 valence electrons. The Morgan fingerprint density at radius 3 is 1.87 bits per heavy atom. The number of para-hydroxylation sites is 4. The van der Waals surface area contributed by atoms with E-state index >= 15 is 0 Å². The fraction of sp³-hybridized carbons (Fsp3) is 0.0909. The van der Waals surface area contributed by atoms with Crippen molar-refractivity contribution in [1.29, 1.82) is 0 Å². The molecular formula is C55H41N5O. The van der Waals surface area contributed by atoms with E-state index in [0.717, 1.165) is 87.6 Å². The van der Waals surface area contributed by atoms with Gasteiger partial charge < -0.3 is 18.3 Å². The van der Waals surface area contributed by atoms with Gasteiger partial charge in [0, 0.05) is 45.4 Å². The summed E-state index contributed by atoms with van der Waals surface area (Å²) >= 11 is 0. The summed E-state index contributed by atoms with van der Waals surface area (Å²) in [6.07, 6.45) is 7.27. The Morgan fingerprint density at radius 1 is 0.557 bits per heavy atom. The SMILES string of the molecule is [2H]C([2H])([2H])[n+]1[c-]n(-c2cn3c4ccccc4c4ccccc4c4ccccc4c4cc(Oc5ccc6c7ccccc7n(-c7cc(C(C)(C)C)ccn7)c6c5)cc2c43)c2ccccc21. The van der Waals surface area contributed by atoms with Crippen LogP contribution >= 0.6 is 0 Å². The van der Waals surface area contributed by atoms with E-state index in [0.29, 0.717) is 17.0 Å². The van der Waals surface area contributed by atoms with Crippen LogP contribution in [-0.4, -0.2) is 18.5 Å². The minimum atomic E-state index is -2.45. The monoisotopic (exact) mass is 790 g/mol. The van der Waals surface area contributed by atoms with E-state index in [1.54, 1.807) is 0 Å². The van der Waals surface area contributed by atoms with Crippen molar-refractivity contribution in [2.75, 3.05) is 0 Å². The van der Waals surface area contributed by atoms with Crippen molar-refractivity contribution in [3.63, 3.8) is 0 Å². The van der Waals surface area contributed by atoms with Crippen molar-refractivity contribution in [1.82, 2.24) is 18.5 Å². The standard InChI is InChI=1S/C55H41N5O/c1-55(2,3)35-27-28-56-53(29-35)60-48-22-12-10-20-43(48)44-26-25-36(32-51(44)60)61-37-30-45-41-18-8-6-16-39(41)38-15-5-7-17-40(38)42-19-9-11-21-47(42)58-33-52(46(31-37)54(45)58)59-34-57(4)49-23-13-14-24-50(49)59/h5-33H,1-4H3/i4D3. The van der Waals surface area contributed by atoms with E-state index in [1.807, 2.05) is 41.1 Å². The number of rotatable bonds is 4. The number of ether oxygens (including phenoxy) is 1. The third-order valence-corrected chi connectivity index (χ3v) is 12.3. The van der Waals surface area contributed by atoms with Crippen molar-refractivity contribution in [2.45, 2.75) is 26.2 Å². The van der Waals surface area contributed by atoms with Gasteiger partial charge in [-0.1, -0.05) is 130 Å². The van der Waals surface area contributed by atoms with E-state index < -0.39 is 6.98 Å². The Labute approximate surface area is 356 Å². The maximum absolute atomic E-state index is 8.49. The lowest BCUT2D eigenvalue weighted by molar-refractivity contribution is -0.649. The molecule has 0 saturated heterocycles. The van der Waals surface area contributed by atoms with E-state index in [1.165, 1.54) is 10.1 Å².